The van der Waals surface area contributed by atoms with E-state index in [0.717, 1.165) is 39.3 Å². The quantitative estimate of drug-likeness (QED) is 0.386. The zero-order chi connectivity index (χ0) is 20.1. The number of rotatable bonds is 7. The lowest BCUT2D eigenvalue weighted by Crippen LogP contribution is -2.46. The summed E-state index contributed by atoms with van der Waals surface area (Å²) in [5, 5.41) is 14.7. The largest absolute Gasteiger partial charge is 0.379 e. The molecular formula is C17H29N7O4. The molecule has 156 valence electrons. The predicted molar refractivity (Wildman–Crippen MR) is 106 cm³/mol. The lowest BCUT2D eigenvalue weighted by molar-refractivity contribution is -0.383. The van der Waals surface area contributed by atoms with E-state index in [-0.39, 0.29) is 29.5 Å². The summed E-state index contributed by atoms with van der Waals surface area (Å²) in [6, 6.07) is 0. The monoisotopic (exact) mass is 395 g/mol. The van der Waals surface area contributed by atoms with Crippen LogP contribution in [-0.4, -0.2) is 84.5 Å². The second-order valence-electron chi connectivity index (χ2n) is 7.26. The Hall–Kier alpha value is -2.24. The number of hydrogen-bond donors (Lipinski definition) is 2. The smallest absolute Gasteiger partial charge is 0.353 e. The lowest BCUT2D eigenvalue weighted by atomic mass is 10.2. The van der Waals surface area contributed by atoms with Crippen molar-refractivity contribution in [3.8, 4) is 0 Å². The molecule has 1 aromatic rings. The van der Waals surface area contributed by atoms with Crippen LogP contribution in [0.25, 0.3) is 0 Å². The molecule has 1 aromatic heterocycles. The summed E-state index contributed by atoms with van der Waals surface area (Å²) in [4.78, 5) is 23.7. The van der Waals surface area contributed by atoms with Crippen LogP contribution in [0.2, 0.25) is 0 Å². The van der Waals surface area contributed by atoms with E-state index in [1.807, 2.05) is 18.7 Å². The van der Waals surface area contributed by atoms with Gasteiger partial charge in [-0.3, -0.25) is 15.0 Å². The van der Waals surface area contributed by atoms with E-state index in [4.69, 9.17) is 15.2 Å². The average Bonchev–Trinajstić information content (AvgIpc) is 2.64. The van der Waals surface area contributed by atoms with Crippen LogP contribution in [0.1, 0.15) is 20.3 Å². The molecule has 3 N–H and O–H groups in total. The predicted octanol–water partition coefficient (Wildman–Crippen LogP) is 0.715. The summed E-state index contributed by atoms with van der Waals surface area (Å²) >= 11 is 0. The molecule has 0 spiro atoms. The fraction of sp³-hybridized carbons (Fsp3) is 0.765. The number of anilines is 3. The molecule has 2 fully saturated rings. The molecule has 11 heteroatoms. The minimum atomic E-state index is -0.516. The lowest BCUT2D eigenvalue weighted by Gasteiger charge is -2.35. The first-order chi connectivity index (χ1) is 13.4. The maximum Gasteiger partial charge on any atom is 0.353 e. The highest BCUT2D eigenvalue weighted by Gasteiger charge is 2.32. The molecule has 0 bridgehead atoms. The summed E-state index contributed by atoms with van der Waals surface area (Å²) in [6.45, 7) is 9.93. The van der Waals surface area contributed by atoms with E-state index < -0.39 is 4.92 Å². The van der Waals surface area contributed by atoms with Crippen molar-refractivity contribution in [3.05, 3.63) is 10.1 Å². The van der Waals surface area contributed by atoms with Crippen molar-refractivity contribution in [1.29, 1.82) is 0 Å². The molecule has 2 atom stereocenters. The van der Waals surface area contributed by atoms with E-state index in [2.05, 4.69) is 20.2 Å². The number of nitrogen functional groups attached to an aromatic ring is 1. The topological polar surface area (TPSA) is 132 Å². The Morgan fingerprint density at radius 1 is 1.25 bits per heavy atom. The van der Waals surface area contributed by atoms with Gasteiger partial charge in [0.2, 0.25) is 17.6 Å². The van der Waals surface area contributed by atoms with Crippen molar-refractivity contribution in [2.75, 3.05) is 68.4 Å². The molecule has 2 aliphatic heterocycles. The van der Waals surface area contributed by atoms with Gasteiger partial charge in [0.25, 0.3) is 0 Å². The second kappa shape index (κ2) is 9.30. The first-order valence-corrected chi connectivity index (χ1v) is 9.70. The number of morpholine rings is 2. The maximum absolute atomic E-state index is 11.5. The van der Waals surface area contributed by atoms with Crippen LogP contribution in [0.3, 0.4) is 0 Å². The van der Waals surface area contributed by atoms with Crippen LogP contribution < -0.4 is 16.0 Å². The van der Waals surface area contributed by atoms with E-state index in [0.29, 0.717) is 25.6 Å². The van der Waals surface area contributed by atoms with Crippen LogP contribution in [0, 0.1) is 10.1 Å². The van der Waals surface area contributed by atoms with E-state index in [1.54, 1.807) is 0 Å². The van der Waals surface area contributed by atoms with Gasteiger partial charge in [-0.25, -0.2) is 0 Å². The van der Waals surface area contributed by atoms with Gasteiger partial charge in [-0.15, -0.1) is 0 Å². The molecule has 0 unspecified atom stereocenters. The molecule has 2 saturated heterocycles. The van der Waals surface area contributed by atoms with Crippen molar-refractivity contribution < 1.29 is 14.4 Å². The Kier molecular flexibility index (Phi) is 6.81. The minimum absolute atomic E-state index is 0.0514. The standard InChI is InChI=1S/C17H29N7O4/c1-12-10-23(11-13(2)28-12)16-14(24(25)26)15(18)20-17(21-16)19-4-3-5-22-6-8-27-9-7-22/h12-13H,3-11H2,1-2H3,(H3,18,19,20,21)/t12-,13-/m1/s1. The Morgan fingerprint density at radius 2 is 1.93 bits per heavy atom. The first kappa shape index (κ1) is 20.5. The number of aromatic nitrogens is 2. The molecule has 0 aliphatic carbocycles. The molecule has 2 aliphatic rings. The first-order valence-electron chi connectivity index (χ1n) is 9.70. The maximum atomic E-state index is 11.5. The van der Waals surface area contributed by atoms with Crippen LogP contribution in [0.15, 0.2) is 0 Å². The normalized spacial score (nSPS) is 23.6. The summed E-state index contributed by atoms with van der Waals surface area (Å²) < 4.78 is 11.1. The highest BCUT2D eigenvalue weighted by molar-refractivity contribution is 5.71. The third-order valence-electron chi connectivity index (χ3n) is 4.83. The van der Waals surface area contributed by atoms with Gasteiger partial charge in [-0.2, -0.15) is 9.97 Å². The van der Waals surface area contributed by atoms with E-state index in [9.17, 15) is 10.1 Å². The van der Waals surface area contributed by atoms with Crippen LogP contribution in [0.4, 0.5) is 23.3 Å². The third-order valence-corrected chi connectivity index (χ3v) is 4.83. The number of hydrogen-bond acceptors (Lipinski definition) is 10. The molecular weight excluding hydrogens is 366 g/mol. The fourth-order valence-electron chi connectivity index (χ4n) is 3.61. The summed E-state index contributed by atoms with van der Waals surface area (Å²) in [5.74, 6) is 0.430. The van der Waals surface area contributed by atoms with Crippen molar-refractivity contribution in [1.82, 2.24) is 14.9 Å². The number of nitro groups is 1. The molecule has 3 heterocycles. The SMILES string of the molecule is C[C@@H]1CN(c2nc(NCCCN3CCOCC3)nc(N)c2[N+](=O)[O-])C[C@@H](C)O1. The van der Waals surface area contributed by atoms with Crippen LogP contribution in [0.5, 0.6) is 0 Å². The molecule has 0 amide bonds. The van der Waals surface area contributed by atoms with Crippen LogP contribution in [-0.2, 0) is 9.47 Å². The van der Waals surface area contributed by atoms with Gasteiger partial charge in [-0.05, 0) is 26.8 Å². The summed E-state index contributed by atoms with van der Waals surface area (Å²) in [7, 11) is 0. The molecule has 3 rings (SSSR count). The van der Waals surface area contributed by atoms with Gasteiger partial charge < -0.3 is 25.4 Å². The van der Waals surface area contributed by atoms with Gasteiger partial charge in [0.1, 0.15) is 0 Å². The number of nitrogens with one attached hydrogen (secondary N) is 1. The molecule has 0 radical (unpaired) electrons. The van der Waals surface area contributed by atoms with Gasteiger partial charge in [0.05, 0.1) is 30.3 Å². The molecule has 28 heavy (non-hydrogen) atoms. The van der Waals surface area contributed by atoms with Gasteiger partial charge in [0, 0.05) is 32.7 Å². The average molecular weight is 395 g/mol. The number of nitrogens with zero attached hydrogens (tertiary/aromatic N) is 5. The molecule has 0 aromatic carbocycles. The van der Waals surface area contributed by atoms with E-state index in [1.165, 1.54) is 0 Å². The summed E-state index contributed by atoms with van der Waals surface area (Å²) in [5.41, 5.74) is 5.66. The number of ether oxygens (including phenoxy) is 2. The fourth-order valence-corrected chi connectivity index (χ4v) is 3.61. The zero-order valence-electron chi connectivity index (χ0n) is 16.5. The zero-order valence-corrected chi connectivity index (χ0v) is 16.5. The van der Waals surface area contributed by atoms with Crippen molar-refractivity contribution in [2.45, 2.75) is 32.5 Å². The Labute approximate surface area is 164 Å². The Balaban J connectivity index is 1.68. The highest BCUT2D eigenvalue weighted by Crippen LogP contribution is 2.33. The van der Waals surface area contributed by atoms with Gasteiger partial charge in [0.15, 0.2) is 0 Å². The third kappa shape index (κ3) is 5.18. The van der Waals surface area contributed by atoms with Crippen molar-refractivity contribution >= 4 is 23.3 Å². The van der Waals surface area contributed by atoms with E-state index >= 15 is 0 Å². The molecule has 11 nitrogen and oxygen atoms in total. The van der Waals surface area contributed by atoms with Crippen molar-refractivity contribution in [3.63, 3.8) is 0 Å². The molecule has 0 saturated carbocycles. The van der Waals surface area contributed by atoms with Gasteiger partial charge in [-0.1, -0.05) is 0 Å². The summed E-state index contributed by atoms with van der Waals surface area (Å²) in [6.07, 6.45) is 0.801. The highest BCUT2D eigenvalue weighted by atomic mass is 16.6. The second-order valence-corrected chi connectivity index (χ2v) is 7.26. The Bertz CT molecular complexity index is 674. The van der Waals surface area contributed by atoms with Crippen molar-refractivity contribution in [2.24, 2.45) is 0 Å². The number of nitrogens with two attached hydrogens (primary N) is 1. The van der Waals surface area contributed by atoms with Gasteiger partial charge >= 0.3 is 5.69 Å². The van der Waals surface area contributed by atoms with Crippen LogP contribution >= 0.6 is 0 Å². The Morgan fingerprint density at radius 3 is 2.57 bits per heavy atom. The minimum Gasteiger partial charge on any atom is -0.379 e.